The van der Waals surface area contributed by atoms with Gasteiger partial charge in [-0.25, -0.2) is 0 Å². The third kappa shape index (κ3) is 6.48. The first-order valence-corrected chi connectivity index (χ1v) is 5.63. The summed E-state index contributed by atoms with van der Waals surface area (Å²) in [4.78, 5) is 13.0. The van der Waals surface area contributed by atoms with Gasteiger partial charge in [-0.2, -0.15) is 11.8 Å². The predicted molar refractivity (Wildman–Crippen MR) is 62.9 cm³/mol. The van der Waals surface area contributed by atoms with E-state index in [1.165, 1.54) is 0 Å². The Hall–Kier alpha value is 0.0300. The minimum absolute atomic E-state index is 0. The van der Waals surface area contributed by atoms with E-state index in [0.29, 0.717) is 18.7 Å². The highest BCUT2D eigenvalue weighted by Gasteiger charge is 2.16. The van der Waals surface area contributed by atoms with Crippen LogP contribution in [0.15, 0.2) is 0 Å². The Morgan fingerprint density at radius 1 is 1.64 bits per heavy atom. The van der Waals surface area contributed by atoms with E-state index in [-0.39, 0.29) is 24.9 Å². The Balaban J connectivity index is 0. The molecule has 0 aliphatic heterocycles. The highest BCUT2D eigenvalue weighted by molar-refractivity contribution is 7.98. The Labute approximate surface area is 95.6 Å². The lowest BCUT2D eigenvalue weighted by molar-refractivity contribution is -0.130. The molecule has 0 bridgehead atoms. The number of aliphatic hydroxyl groups excluding tert-OH is 1. The highest BCUT2D eigenvalue weighted by atomic mass is 35.5. The maximum atomic E-state index is 11.4. The van der Waals surface area contributed by atoms with Gasteiger partial charge in [-0.15, -0.1) is 12.4 Å². The smallest absolute Gasteiger partial charge is 0.240 e. The van der Waals surface area contributed by atoms with E-state index in [9.17, 15) is 4.79 Å². The molecule has 0 rings (SSSR count). The number of halogens is 1. The number of rotatable bonds is 6. The van der Waals surface area contributed by atoms with Crippen LogP contribution in [0.5, 0.6) is 0 Å². The summed E-state index contributed by atoms with van der Waals surface area (Å²) in [6.07, 6.45) is 2.52. The zero-order valence-corrected chi connectivity index (χ0v) is 10.2. The number of likely N-dealkylation sites (N-methyl/N-ethyl adjacent to an activating group) is 1. The van der Waals surface area contributed by atoms with Gasteiger partial charge in [-0.1, -0.05) is 0 Å². The molecule has 1 amide bonds. The molecule has 14 heavy (non-hydrogen) atoms. The largest absolute Gasteiger partial charge is 0.396 e. The number of nitrogens with zero attached hydrogens (tertiary/aromatic N) is 1. The van der Waals surface area contributed by atoms with Crippen LogP contribution < -0.4 is 5.73 Å². The van der Waals surface area contributed by atoms with Crippen LogP contribution in [-0.4, -0.2) is 54.2 Å². The van der Waals surface area contributed by atoms with Crippen molar-refractivity contribution in [3.8, 4) is 0 Å². The van der Waals surface area contributed by atoms with Crippen LogP contribution in [0.25, 0.3) is 0 Å². The molecule has 0 radical (unpaired) electrons. The molecule has 6 heteroatoms. The number of hydrogen-bond acceptors (Lipinski definition) is 4. The number of hydrogen-bond donors (Lipinski definition) is 2. The fourth-order valence-electron chi connectivity index (χ4n) is 0.952. The molecule has 86 valence electrons. The van der Waals surface area contributed by atoms with Crippen LogP contribution in [0, 0.1) is 0 Å². The zero-order valence-electron chi connectivity index (χ0n) is 8.60. The van der Waals surface area contributed by atoms with Crippen LogP contribution in [0.4, 0.5) is 0 Å². The molecule has 0 saturated heterocycles. The van der Waals surface area contributed by atoms with Crippen molar-refractivity contribution in [2.45, 2.75) is 12.5 Å². The van der Waals surface area contributed by atoms with Gasteiger partial charge in [-0.3, -0.25) is 4.79 Å². The standard InChI is InChI=1S/C8H18N2O2S.ClH/c1-10(4-3-5-11)8(12)7(9)6-13-2;/h7,11H,3-6,9H2,1-2H3;1H. The highest BCUT2D eigenvalue weighted by Crippen LogP contribution is 1.99. The third-order valence-electron chi connectivity index (χ3n) is 1.69. The van der Waals surface area contributed by atoms with E-state index in [4.69, 9.17) is 10.8 Å². The summed E-state index contributed by atoms with van der Waals surface area (Å²) in [6, 6.07) is -0.418. The Bertz CT molecular complexity index is 160. The molecular formula is C8H19ClN2O2S. The Kier molecular flexibility index (Phi) is 11.3. The van der Waals surface area contributed by atoms with E-state index in [1.54, 1.807) is 23.7 Å². The van der Waals surface area contributed by atoms with Crippen molar-refractivity contribution in [3.05, 3.63) is 0 Å². The molecule has 0 saturated carbocycles. The topological polar surface area (TPSA) is 66.6 Å². The average molecular weight is 243 g/mol. The lowest BCUT2D eigenvalue weighted by Gasteiger charge is -2.20. The number of carbonyl (C=O) groups is 1. The van der Waals surface area contributed by atoms with Crippen LogP contribution in [0.2, 0.25) is 0 Å². The monoisotopic (exact) mass is 242 g/mol. The van der Waals surface area contributed by atoms with E-state index < -0.39 is 6.04 Å². The van der Waals surface area contributed by atoms with Crippen LogP contribution in [-0.2, 0) is 4.79 Å². The number of amides is 1. The van der Waals surface area contributed by atoms with Gasteiger partial charge in [0, 0.05) is 26.0 Å². The lowest BCUT2D eigenvalue weighted by Crippen LogP contribution is -2.43. The van der Waals surface area contributed by atoms with Gasteiger partial charge in [0.25, 0.3) is 0 Å². The van der Waals surface area contributed by atoms with Crippen LogP contribution >= 0.6 is 24.2 Å². The van der Waals surface area contributed by atoms with E-state index in [1.807, 2.05) is 6.26 Å². The number of nitrogens with two attached hydrogens (primary N) is 1. The predicted octanol–water partition coefficient (Wildman–Crippen LogP) is -0.0607. The molecule has 0 aliphatic rings. The van der Waals surface area contributed by atoms with Crippen molar-refractivity contribution >= 4 is 30.1 Å². The lowest BCUT2D eigenvalue weighted by atomic mass is 10.3. The minimum atomic E-state index is -0.418. The van der Waals surface area contributed by atoms with Crippen molar-refractivity contribution in [3.63, 3.8) is 0 Å². The van der Waals surface area contributed by atoms with Gasteiger partial charge >= 0.3 is 0 Å². The van der Waals surface area contributed by atoms with E-state index in [2.05, 4.69) is 0 Å². The molecule has 1 unspecified atom stereocenters. The summed E-state index contributed by atoms with van der Waals surface area (Å²) in [5.74, 6) is 0.588. The van der Waals surface area contributed by atoms with Gasteiger partial charge in [0.2, 0.25) is 5.91 Å². The molecule has 0 fully saturated rings. The zero-order chi connectivity index (χ0) is 10.3. The second kappa shape index (κ2) is 9.58. The van der Waals surface area contributed by atoms with E-state index >= 15 is 0 Å². The number of thioether (sulfide) groups is 1. The van der Waals surface area contributed by atoms with Gasteiger partial charge in [-0.05, 0) is 12.7 Å². The molecule has 1 atom stereocenters. The van der Waals surface area contributed by atoms with Crippen LogP contribution in [0.3, 0.4) is 0 Å². The maximum absolute atomic E-state index is 11.4. The average Bonchev–Trinajstić information content (AvgIpc) is 2.13. The van der Waals surface area contributed by atoms with Gasteiger partial charge in [0.1, 0.15) is 0 Å². The molecule has 0 aromatic rings. The normalized spacial score (nSPS) is 11.7. The molecule has 4 nitrogen and oxygen atoms in total. The second-order valence-corrected chi connectivity index (χ2v) is 3.81. The summed E-state index contributed by atoms with van der Waals surface area (Å²) in [5, 5.41) is 8.57. The number of carbonyl (C=O) groups excluding carboxylic acids is 1. The first kappa shape index (κ1) is 16.5. The fourth-order valence-corrected chi connectivity index (χ4v) is 1.45. The van der Waals surface area contributed by atoms with Crippen molar-refractivity contribution < 1.29 is 9.90 Å². The molecule has 0 aromatic heterocycles. The molecule has 0 heterocycles. The molecule has 0 aromatic carbocycles. The van der Waals surface area contributed by atoms with Crippen molar-refractivity contribution in [2.75, 3.05) is 32.2 Å². The molecular weight excluding hydrogens is 224 g/mol. The van der Waals surface area contributed by atoms with Gasteiger partial charge in [0.15, 0.2) is 0 Å². The minimum Gasteiger partial charge on any atom is -0.396 e. The summed E-state index contributed by atoms with van der Waals surface area (Å²) < 4.78 is 0. The quantitative estimate of drug-likeness (QED) is 0.685. The SMILES string of the molecule is CSCC(N)C(=O)N(C)CCCO.Cl. The van der Waals surface area contributed by atoms with Crippen molar-refractivity contribution in [1.82, 2.24) is 4.90 Å². The van der Waals surface area contributed by atoms with Gasteiger partial charge < -0.3 is 15.7 Å². The fraction of sp³-hybridized carbons (Fsp3) is 0.875. The first-order valence-electron chi connectivity index (χ1n) is 4.23. The first-order chi connectivity index (χ1) is 6.13. The van der Waals surface area contributed by atoms with Gasteiger partial charge in [0.05, 0.1) is 6.04 Å². The summed E-state index contributed by atoms with van der Waals surface area (Å²) in [6.45, 7) is 0.673. The second-order valence-electron chi connectivity index (χ2n) is 2.90. The van der Waals surface area contributed by atoms with Crippen molar-refractivity contribution in [1.29, 1.82) is 0 Å². The third-order valence-corrected chi connectivity index (χ3v) is 2.38. The molecule has 0 spiro atoms. The Morgan fingerprint density at radius 2 is 2.21 bits per heavy atom. The molecule has 0 aliphatic carbocycles. The summed E-state index contributed by atoms with van der Waals surface area (Å²) in [5.41, 5.74) is 5.63. The van der Waals surface area contributed by atoms with Crippen molar-refractivity contribution in [2.24, 2.45) is 5.73 Å². The summed E-state index contributed by atoms with van der Waals surface area (Å²) in [7, 11) is 1.71. The summed E-state index contributed by atoms with van der Waals surface area (Å²) >= 11 is 1.56. The Morgan fingerprint density at radius 3 is 2.64 bits per heavy atom. The molecule has 3 N–H and O–H groups in total. The van der Waals surface area contributed by atoms with Crippen LogP contribution in [0.1, 0.15) is 6.42 Å². The number of aliphatic hydroxyl groups is 1. The van der Waals surface area contributed by atoms with E-state index in [0.717, 1.165) is 0 Å². The maximum Gasteiger partial charge on any atom is 0.240 e.